The molecule has 2 unspecified atom stereocenters. The van der Waals surface area contributed by atoms with Gasteiger partial charge in [-0.2, -0.15) is 0 Å². The van der Waals surface area contributed by atoms with Gasteiger partial charge >= 0.3 is 5.97 Å². The lowest BCUT2D eigenvalue weighted by Crippen LogP contribution is -2.51. The highest BCUT2D eigenvalue weighted by Crippen LogP contribution is 2.21. The van der Waals surface area contributed by atoms with E-state index in [4.69, 9.17) is 4.74 Å². The molecule has 4 heteroatoms. The third-order valence-electron chi connectivity index (χ3n) is 4.00. The van der Waals surface area contributed by atoms with Crippen molar-refractivity contribution < 1.29 is 14.6 Å². The Labute approximate surface area is 120 Å². The first-order valence-electron chi connectivity index (χ1n) is 7.26. The number of rotatable bonds is 6. The molecule has 1 aliphatic carbocycles. The zero-order valence-corrected chi connectivity index (χ0v) is 11.9. The molecule has 1 aromatic rings. The molecule has 3 atom stereocenters. The van der Waals surface area contributed by atoms with Crippen molar-refractivity contribution in [3.63, 3.8) is 0 Å². The SMILES string of the molecule is COC1CCCCC1N[C@@H](Cc1ccccc1)C(=O)O. The normalized spacial score (nSPS) is 24.2. The largest absolute Gasteiger partial charge is 0.480 e. The van der Waals surface area contributed by atoms with Crippen LogP contribution in [0.5, 0.6) is 0 Å². The number of aliphatic carboxylic acids is 1. The summed E-state index contributed by atoms with van der Waals surface area (Å²) in [5, 5.41) is 12.7. The first-order valence-corrected chi connectivity index (χ1v) is 7.26. The molecule has 0 aliphatic heterocycles. The van der Waals surface area contributed by atoms with Gasteiger partial charge in [0.25, 0.3) is 0 Å². The van der Waals surface area contributed by atoms with E-state index in [9.17, 15) is 9.90 Å². The second-order valence-corrected chi connectivity index (χ2v) is 5.41. The van der Waals surface area contributed by atoms with Crippen LogP contribution in [0, 0.1) is 0 Å². The Bertz CT molecular complexity index is 421. The standard InChI is InChI=1S/C16H23NO3/c1-20-15-10-6-5-9-13(15)17-14(16(18)19)11-12-7-3-2-4-8-12/h2-4,7-8,13-15,17H,5-6,9-11H2,1H3,(H,18,19)/t13?,14-,15?/m0/s1. The Kier molecular flexibility index (Phi) is 5.56. The van der Waals surface area contributed by atoms with E-state index in [2.05, 4.69) is 5.32 Å². The highest BCUT2D eigenvalue weighted by atomic mass is 16.5. The average molecular weight is 277 g/mol. The van der Waals surface area contributed by atoms with Crippen molar-refractivity contribution >= 4 is 5.97 Å². The highest BCUT2D eigenvalue weighted by molar-refractivity contribution is 5.74. The van der Waals surface area contributed by atoms with Crippen molar-refractivity contribution in [1.82, 2.24) is 5.32 Å². The van der Waals surface area contributed by atoms with Crippen molar-refractivity contribution in [3.05, 3.63) is 35.9 Å². The van der Waals surface area contributed by atoms with E-state index >= 15 is 0 Å². The van der Waals surface area contributed by atoms with Gasteiger partial charge in [0, 0.05) is 13.2 Å². The van der Waals surface area contributed by atoms with Gasteiger partial charge in [-0.1, -0.05) is 43.2 Å². The van der Waals surface area contributed by atoms with Crippen LogP contribution >= 0.6 is 0 Å². The molecule has 2 N–H and O–H groups in total. The third-order valence-corrected chi connectivity index (χ3v) is 4.00. The maximum atomic E-state index is 11.5. The summed E-state index contributed by atoms with van der Waals surface area (Å²) < 4.78 is 5.48. The smallest absolute Gasteiger partial charge is 0.321 e. The van der Waals surface area contributed by atoms with Crippen LogP contribution in [0.25, 0.3) is 0 Å². The maximum Gasteiger partial charge on any atom is 0.321 e. The monoisotopic (exact) mass is 277 g/mol. The van der Waals surface area contributed by atoms with E-state index in [0.29, 0.717) is 6.42 Å². The van der Waals surface area contributed by atoms with Gasteiger partial charge in [-0.3, -0.25) is 10.1 Å². The van der Waals surface area contributed by atoms with Gasteiger partial charge < -0.3 is 9.84 Å². The lowest BCUT2D eigenvalue weighted by Gasteiger charge is -2.33. The van der Waals surface area contributed by atoms with Crippen LogP contribution in [-0.2, 0) is 16.0 Å². The van der Waals surface area contributed by atoms with Crippen LogP contribution < -0.4 is 5.32 Å². The fourth-order valence-electron chi connectivity index (χ4n) is 2.90. The molecule has 20 heavy (non-hydrogen) atoms. The molecule has 0 amide bonds. The summed E-state index contributed by atoms with van der Waals surface area (Å²) in [4.78, 5) is 11.5. The molecule has 110 valence electrons. The minimum atomic E-state index is -0.797. The molecule has 0 saturated heterocycles. The summed E-state index contributed by atoms with van der Waals surface area (Å²) in [7, 11) is 1.71. The number of carboxylic acids is 1. The molecular formula is C16H23NO3. The van der Waals surface area contributed by atoms with Crippen LogP contribution in [-0.4, -0.2) is 36.4 Å². The van der Waals surface area contributed by atoms with Gasteiger partial charge in [-0.25, -0.2) is 0 Å². The Hall–Kier alpha value is -1.39. The highest BCUT2D eigenvalue weighted by Gasteiger charge is 2.29. The van der Waals surface area contributed by atoms with E-state index in [-0.39, 0.29) is 12.1 Å². The van der Waals surface area contributed by atoms with Gasteiger partial charge in [0.1, 0.15) is 6.04 Å². The summed E-state index contributed by atoms with van der Waals surface area (Å²) >= 11 is 0. The van der Waals surface area contributed by atoms with Crippen LogP contribution in [0.15, 0.2) is 30.3 Å². The summed E-state index contributed by atoms with van der Waals surface area (Å²) in [6, 6.07) is 9.32. The summed E-state index contributed by atoms with van der Waals surface area (Å²) in [6.45, 7) is 0. The number of ether oxygens (including phenoxy) is 1. The Morgan fingerprint density at radius 2 is 2.05 bits per heavy atom. The predicted molar refractivity (Wildman–Crippen MR) is 77.8 cm³/mol. The van der Waals surface area contributed by atoms with Gasteiger partial charge in [0.15, 0.2) is 0 Å². The molecule has 4 nitrogen and oxygen atoms in total. The van der Waals surface area contributed by atoms with Crippen LogP contribution in [0.1, 0.15) is 31.2 Å². The topological polar surface area (TPSA) is 58.6 Å². The molecule has 0 aromatic heterocycles. The van der Waals surface area contributed by atoms with Gasteiger partial charge in [0.2, 0.25) is 0 Å². The van der Waals surface area contributed by atoms with Crippen molar-refractivity contribution in [2.24, 2.45) is 0 Å². The summed E-state index contributed by atoms with van der Waals surface area (Å²) in [5.41, 5.74) is 1.04. The number of hydrogen-bond acceptors (Lipinski definition) is 3. The van der Waals surface area contributed by atoms with Gasteiger partial charge in [-0.05, 0) is 24.8 Å². The summed E-state index contributed by atoms with van der Waals surface area (Å²) in [5.74, 6) is -0.797. The third kappa shape index (κ3) is 4.05. The molecule has 1 aromatic carbocycles. The molecule has 1 fully saturated rings. The predicted octanol–water partition coefficient (Wildman–Crippen LogP) is 2.23. The van der Waals surface area contributed by atoms with Gasteiger partial charge in [-0.15, -0.1) is 0 Å². The van der Waals surface area contributed by atoms with Crippen LogP contribution in [0.2, 0.25) is 0 Å². The van der Waals surface area contributed by atoms with E-state index in [1.807, 2.05) is 30.3 Å². The fourth-order valence-corrected chi connectivity index (χ4v) is 2.90. The van der Waals surface area contributed by atoms with Crippen molar-refractivity contribution in [3.8, 4) is 0 Å². The van der Waals surface area contributed by atoms with E-state index in [1.54, 1.807) is 7.11 Å². The molecule has 0 spiro atoms. The quantitative estimate of drug-likeness (QED) is 0.837. The second-order valence-electron chi connectivity index (χ2n) is 5.41. The Morgan fingerprint density at radius 1 is 1.35 bits per heavy atom. The second kappa shape index (κ2) is 7.41. The molecule has 0 heterocycles. The lowest BCUT2D eigenvalue weighted by molar-refractivity contribution is -0.140. The zero-order valence-electron chi connectivity index (χ0n) is 11.9. The lowest BCUT2D eigenvalue weighted by atomic mass is 9.91. The number of carbonyl (C=O) groups is 1. The minimum absolute atomic E-state index is 0.126. The van der Waals surface area contributed by atoms with Crippen molar-refractivity contribution in [1.29, 1.82) is 0 Å². The maximum absolute atomic E-state index is 11.5. The molecular weight excluding hydrogens is 254 g/mol. The zero-order chi connectivity index (χ0) is 14.4. The number of nitrogens with one attached hydrogen (secondary N) is 1. The average Bonchev–Trinajstić information content (AvgIpc) is 2.48. The fraction of sp³-hybridized carbons (Fsp3) is 0.562. The Balaban J connectivity index is 2.00. The molecule has 0 radical (unpaired) electrons. The number of benzene rings is 1. The minimum Gasteiger partial charge on any atom is -0.480 e. The molecule has 2 rings (SSSR count). The first-order chi connectivity index (χ1) is 9.70. The number of carboxylic acid groups (broad SMARTS) is 1. The number of methoxy groups -OCH3 is 1. The van der Waals surface area contributed by atoms with Crippen molar-refractivity contribution in [2.75, 3.05) is 7.11 Å². The van der Waals surface area contributed by atoms with E-state index < -0.39 is 12.0 Å². The van der Waals surface area contributed by atoms with Crippen molar-refractivity contribution in [2.45, 2.75) is 50.3 Å². The summed E-state index contributed by atoms with van der Waals surface area (Å²) in [6.07, 6.45) is 4.91. The van der Waals surface area contributed by atoms with E-state index in [0.717, 1.165) is 31.2 Å². The van der Waals surface area contributed by atoms with Crippen LogP contribution in [0.4, 0.5) is 0 Å². The van der Waals surface area contributed by atoms with Gasteiger partial charge in [0.05, 0.1) is 6.10 Å². The van der Waals surface area contributed by atoms with E-state index in [1.165, 1.54) is 0 Å². The molecule has 0 bridgehead atoms. The number of hydrogen-bond donors (Lipinski definition) is 2. The Morgan fingerprint density at radius 3 is 2.70 bits per heavy atom. The van der Waals surface area contributed by atoms with Crippen LogP contribution in [0.3, 0.4) is 0 Å². The first kappa shape index (κ1) is 15.0. The molecule has 1 aliphatic rings. The molecule has 1 saturated carbocycles.